The highest BCUT2D eigenvalue weighted by molar-refractivity contribution is 5.89. The molecule has 0 amide bonds. The normalized spacial score (nSPS) is 16.0. The van der Waals surface area contributed by atoms with Crippen LogP contribution in [0.3, 0.4) is 0 Å². The van der Waals surface area contributed by atoms with Crippen molar-refractivity contribution in [1.29, 1.82) is 0 Å². The number of esters is 1. The Kier molecular flexibility index (Phi) is 3.36. The second-order valence-corrected chi connectivity index (χ2v) is 2.87. The molecule has 14 heavy (non-hydrogen) atoms. The fraction of sp³-hybridized carbons (Fsp3) is 0.250. The van der Waals surface area contributed by atoms with Gasteiger partial charge in [-0.3, -0.25) is 0 Å². The van der Waals surface area contributed by atoms with Crippen molar-refractivity contribution in [3.63, 3.8) is 0 Å². The summed E-state index contributed by atoms with van der Waals surface area (Å²) in [6, 6.07) is 8.66. The third-order valence-electron chi connectivity index (χ3n) is 1.66. The van der Waals surface area contributed by atoms with Gasteiger partial charge in [0.15, 0.2) is 0 Å². The second kappa shape index (κ2) is 5.22. The molecule has 0 aromatic heterocycles. The Hall–Kier alpha value is -1.57. The lowest BCUT2D eigenvalue weighted by Crippen LogP contribution is -2.12. The molecule has 2 nitrogen and oxygen atoms in total. The maximum atomic E-state index is 11.6. The molecule has 1 aromatic rings. The lowest BCUT2D eigenvalue weighted by Gasteiger charge is -2.08. The van der Waals surface area contributed by atoms with E-state index in [1.165, 1.54) is 13.0 Å². The van der Waals surface area contributed by atoms with Gasteiger partial charge in [-0.05, 0) is 32.1 Å². The molecule has 0 aliphatic rings. The zero-order valence-corrected chi connectivity index (χ0v) is 8.36. The minimum absolute atomic E-state index is 0.459. The third-order valence-corrected chi connectivity index (χ3v) is 1.66. The average Bonchev–Trinajstić information content (AvgIpc) is 2.18. The van der Waals surface area contributed by atoms with Gasteiger partial charge < -0.3 is 4.74 Å². The van der Waals surface area contributed by atoms with Crippen LogP contribution in [0.25, 0.3) is 0 Å². The maximum Gasteiger partial charge on any atom is 0.338 e. The number of ether oxygens (including phenoxy) is 1. The molecule has 0 aliphatic heterocycles. The Bertz CT molecular complexity index is 355. The van der Waals surface area contributed by atoms with Crippen molar-refractivity contribution in [3.05, 3.63) is 48.0 Å². The van der Waals surface area contributed by atoms with Crippen molar-refractivity contribution in [1.82, 2.24) is 0 Å². The van der Waals surface area contributed by atoms with E-state index >= 15 is 0 Å². The van der Waals surface area contributed by atoms with Crippen LogP contribution in [0.4, 0.5) is 0 Å². The van der Waals surface area contributed by atoms with E-state index in [4.69, 9.17) is 6.11 Å². The van der Waals surface area contributed by atoms with Gasteiger partial charge in [0.1, 0.15) is 6.08 Å². The van der Waals surface area contributed by atoms with E-state index in [1.54, 1.807) is 37.3 Å². The molecule has 0 fully saturated rings. The van der Waals surface area contributed by atoms with Crippen molar-refractivity contribution >= 4 is 5.97 Å². The highest BCUT2D eigenvalue weighted by Crippen LogP contribution is 2.04. The molecule has 2 heteroatoms. The molecule has 1 rings (SSSR count). The third kappa shape index (κ3) is 3.05. The van der Waals surface area contributed by atoms with Crippen LogP contribution < -0.4 is 0 Å². The molecule has 0 bridgehead atoms. The van der Waals surface area contributed by atoms with Gasteiger partial charge in [-0.1, -0.05) is 24.3 Å². The van der Waals surface area contributed by atoms with E-state index in [1.807, 2.05) is 6.07 Å². The standard InChI is InChI=1S/C12H14O2/c1-3-7-10(2)14-12(13)11-8-5-4-6-9-11/h3-10H,1-2H3/b7-3+/t10-/m1/s1/i10D. The van der Waals surface area contributed by atoms with E-state index < -0.39 is 12.0 Å². The Morgan fingerprint density at radius 2 is 2.14 bits per heavy atom. The quantitative estimate of drug-likeness (QED) is 0.542. The summed E-state index contributed by atoms with van der Waals surface area (Å²) < 4.78 is 12.7. The summed E-state index contributed by atoms with van der Waals surface area (Å²) in [5, 5.41) is 0. The maximum absolute atomic E-state index is 11.6. The SMILES string of the molecule is [2H][C@@](C)(/C=C/C)OC(=O)c1ccccc1. The van der Waals surface area contributed by atoms with Gasteiger partial charge >= 0.3 is 5.97 Å². The van der Waals surface area contributed by atoms with Crippen molar-refractivity contribution in [2.24, 2.45) is 0 Å². The predicted octanol–water partition coefficient (Wildman–Crippen LogP) is 2.81. The first kappa shape index (κ1) is 9.00. The molecular formula is C12H14O2. The van der Waals surface area contributed by atoms with Crippen LogP contribution >= 0.6 is 0 Å². The zero-order chi connectivity index (χ0) is 11.3. The van der Waals surface area contributed by atoms with E-state index in [0.717, 1.165) is 0 Å². The van der Waals surface area contributed by atoms with Crippen LogP contribution in [0.1, 0.15) is 25.6 Å². The smallest absolute Gasteiger partial charge is 0.338 e. The van der Waals surface area contributed by atoms with Crippen LogP contribution in [0.2, 0.25) is 0 Å². The van der Waals surface area contributed by atoms with Gasteiger partial charge in [-0.15, -0.1) is 0 Å². The number of carbonyl (C=O) groups is 1. The van der Waals surface area contributed by atoms with E-state index in [9.17, 15) is 4.79 Å². The van der Waals surface area contributed by atoms with Crippen molar-refractivity contribution in [2.75, 3.05) is 0 Å². The number of allylic oxidation sites excluding steroid dienone is 1. The molecule has 0 saturated carbocycles. The monoisotopic (exact) mass is 191 g/mol. The van der Waals surface area contributed by atoms with Crippen LogP contribution in [-0.2, 0) is 4.74 Å². The summed E-state index contributed by atoms with van der Waals surface area (Å²) in [7, 11) is 0. The topological polar surface area (TPSA) is 26.3 Å². The minimum atomic E-state index is -1.30. The summed E-state index contributed by atoms with van der Waals surface area (Å²) >= 11 is 0. The lowest BCUT2D eigenvalue weighted by molar-refractivity contribution is 0.0424. The molecule has 0 aliphatic carbocycles. The van der Waals surface area contributed by atoms with Crippen LogP contribution in [0, 0.1) is 0 Å². The van der Waals surface area contributed by atoms with E-state index in [0.29, 0.717) is 5.56 Å². The molecule has 0 heterocycles. The minimum Gasteiger partial charge on any atom is -0.455 e. The van der Waals surface area contributed by atoms with Crippen molar-refractivity contribution in [3.8, 4) is 0 Å². The first-order chi connectivity index (χ1) is 7.05. The fourth-order valence-corrected chi connectivity index (χ4v) is 1.05. The Morgan fingerprint density at radius 3 is 2.71 bits per heavy atom. The summed E-state index contributed by atoms with van der Waals surface area (Å²) in [6.07, 6.45) is 1.90. The second-order valence-electron chi connectivity index (χ2n) is 2.87. The Morgan fingerprint density at radius 1 is 1.50 bits per heavy atom. The van der Waals surface area contributed by atoms with Crippen LogP contribution in [0.5, 0.6) is 0 Å². The van der Waals surface area contributed by atoms with Crippen molar-refractivity contribution < 1.29 is 10.9 Å². The largest absolute Gasteiger partial charge is 0.455 e. The highest BCUT2D eigenvalue weighted by atomic mass is 16.5. The molecule has 74 valence electrons. The fourth-order valence-electron chi connectivity index (χ4n) is 1.05. The van der Waals surface area contributed by atoms with Crippen LogP contribution in [0.15, 0.2) is 42.5 Å². The lowest BCUT2D eigenvalue weighted by atomic mass is 10.2. The number of rotatable bonds is 3. The van der Waals surface area contributed by atoms with Crippen LogP contribution in [-0.4, -0.2) is 12.0 Å². The van der Waals surface area contributed by atoms with Gasteiger partial charge in [0.25, 0.3) is 0 Å². The number of hydrogen-bond donors (Lipinski definition) is 0. The number of carbonyl (C=O) groups excluding carboxylic acids is 1. The summed E-state index contributed by atoms with van der Waals surface area (Å²) in [4.78, 5) is 11.6. The predicted molar refractivity (Wildman–Crippen MR) is 56.1 cm³/mol. The molecular weight excluding hydrogens is 176 g/mol. The van der Waals surface area contributed by atoms with E-state index in [2.05, 4.69) is 0 Å². The Balaban J connectivity index is 2.72. The van der Waals surface area contributed by atoms with Gasteiger partial charge in [0.2, 0.25) is 0 Å². The number of hydrogen-bond acceptors (Lipinski definition) is 2. The van der Waals surface area contributed by atoms with E-state index in [-0.39, 0.29) is 0 Å². The zero-order valence-electron chi connectivity index (χ0n) is 9.36. The van der Waals surface area contributed by atoms with Gasteiger partial charge in [0, 0.05) is 0 Å². The number of benzene rings is 1. The van der Waals surface area contributed by atoms with Gasteiger partial charge in [0.05, 0.1) is 6.93 Å². The van der Waals surface area contributed by atoms with Gasteiger partial charge in [-0.2, -0.15) is 0 Å². The Labute approximate surface area is 85.6 Å². The molecule has 0 radical (unpaired) electrons. The summed E-state index contributed by atoms with van der Waals surface area (Å²) in [5.41, 5.74) is 0.459. The first-order valence-corrected chi connectivity index (χ1v) is 4.47. The first-order valence-electron chi connectivity index (χ1n) is 4.97. The molecule has 0 N–H and O–H groups in total. The molecule has 1 atom stereocenters. The molecule has 1 aromatic carbocycles. The van der Waals surface area contributed by atoms with Gasteiger partial charge in [-0.25, -0.2) is 4.79 Å². The highest BCUT2D eigenvalue weighted by Gasteiger charge is 2.08. The summed E-state index contributed by atoms with van der Waals surface area (Å²) in [6.45, 7) is 3.30. The molecule has 0 saturated heterocycles. The summed E-state index contributed by atoms with van der Waals surface area (Å²) in [5.74, 6) is -0.480. The van der Waals surface area contributed by atoms with Crippen molar-refractivity contribution in [2.45, 2.75) is 19.9 Å². The molecule has 0 unspecified atom stereocenters. The average molecular weight is 191 g/mol. The molecule has 0 spiro atoms.